The van der Waals surface area contributed by atoms with Crippen molar-refractivity contribution in [1.29, 1.82) is 0 Å². The zero-order valence-corrected chi connectivity index (χ0v) is 15.9. The summed E-state index contributed by atoms with van der Waals surface area (Å²) in [5, 5.41) is 10.4. The van der Waals surface area contributed by atoms with E-state index in [1.807, 2.05) is 42.9 Å². The SMILES string of the molecule is Cc1nn(C)c(C)c1Cc1ccc(NC(=O)CCNc2ncccn2)cc1. The predicted octanol–water partition coefficient (Wildman–Crippen LogP) is 2.86. The van der Waals surface area contributed by atoms with Crippen LogP contribution in [0, 0.1) is 13.8 Å². The van der Waals surface area contributed by atoms with Crippen molar-refractivity contribution in [3.05, 3.63) is 65.2 Å². The standard InChI is InChI=1S/C20H24N6O/c1-14-18(15(2)26(3)25-14)13-16-5-7-17(8-6-16)24-19(27)9-12-23-20-21-10-4-11-22-20/h4-8,10-11H,9,12-13H2,1-3H3,(H,24,27)(H,21,22,23). The van der Waals surface area contributed by atoms with E-state index in [0.717, 1.165) is 17.8 Å². The van der Waals surface area contributed by atoms with Crippen molar-refractivity contribution in [1.82, 2.24) is 19.7 Å². The minimum Gasteiger partial charge on any atom is -0.354 e. The van der Waals surface area contributed by atoms with Crippen LogP contribution in [0.15, 0.2) is 42.7 Å². The smallest absolute Gasteiger partial charge is 0.226 e. The van der Waals surface area contributed by atoms with Gasteiger partial charge in [0, 0.05) is 55.8 Å². The van der Waals surface area contributed by atoms with E-state index in [9.17, 15) is 4.79 Å². The molecule has 0 saturated heterocycles. The van der Waals surface area contributed by atoms with E-state index in [0.29, 0.717) is 18.9 Å². The molecular weight excluding hydrogens is 340 g/mol. The summed E-state index contributed by atoms with van der Waals surface area (Å²) in [7, 11) is 1.96. The van der Waals surface area contributed by atoms with Gasteiger partial charge in [0.2, 0.25) is 11.9 Å². The van der Waals surface area contributed by atoms with Gasteiger partial charge in [-0.2, -0.15) is 5.10 Å². The second kappa shape index (κ2) is 8.44. The summed E-state index contributed by atoms with van der Waals surface area (Å²) in [6, 6.07) is 9.69. The van der Waals surface area contributed by atoms with E-state index in [1.165, 1.54) is 16.8 Å². The molecule has 1 amide bonds. The number of anilines is 2. The van der Waals surface area contributed by atoms with Gasteiger partial charge in [-0.05, 0) is 37.6 Å². The summed E-state index contributed by atoms with van der Waals surface area (Å²) >= 11 is 0. The average Bonchev–Trinajstić information content (AvgIpc) is 2.90. The predicted molar refractivity (Wildman–Crippen MR) is 106 cm³/mol. The van der Waals surface area contributed by atoms with E-state index in [2.05, 4.69) is 32.6 Å². The number of carbonyl (C=O) groups excluding carboxylic acids is 1. The lowest BCUT2D eigenvalue weighted by Gasteiger charge is -2.08. The third-order valence-electron chi connectivity index (χ3n) is 4.48. The maximum absolute atomic E-state index is 12.1. The van der Waals surface area contributed by atoms with Crippen LogP contribution < -0.4 is 10.6 Å². The van der Waals surface area contributed by atoms with E-state index in [4.69, 9.17) is 0 Å². The van der Waals surface area contributed by atoms with Crippen LogP contribution in [0.3, 0.4) is 0 Å². The van der Waals surface area contributed by atoms with Crippen molar-refractivity contribution in [3.8, 4) is 0 Å². The van der Waals surface area contributed by atoms with Crippen LogP contribution in [0.5, 0.6) is 0 Å². The van der Waals surface area contributed by atoms with Gasteiger partial charge in [-0.15, -0.1) is 0 Å². The highest BCUT2D eigenvalue weighted by Gasteiger charge is 2.10. The van der Waals surface area contributed by atoms with E-state index in [1.54, 1.807) is 18.5 Å². The quantitative estimate of drug-likeness (QED) is 0.673. The van der Waals surface area contributed by atoms with Crippen molar-refractivity contribution in [3.63, 3.8) is 0 Å². The Morgan fingerprint density at radius 1 is 1.11 bits per heavy atom. The fourth-order valence-corrected chi connectivity index (χ4v) is 2.89. The topological polar surface area (TPSA) is 84.7 Å². The first kappa shape index (κ1) is 18.6. The average molecular weight is 364 g/mol. The fraction of sp³-hybridized carbons (Fsp3) is 0.300. The van der Waals surface area contributed by atoms with Gasteiger partial charge < -0.3 is 10.6 Å². The molecule has 0 atom stereocenters. The first-order valence-corrected chi connectivity index (χ1v) is 8.91. The number of benzene rings is 1. The Kier molecular flexibility index (Phi) is 5.80. The van der Waals surface area contributed by atoms with Gasteiger partial charge in [0.05, 0.1) is 5.69 Å². The van der Waals surface area contributed by atoms with Crippen molar-refractivity contribution < 1.29 is 4.79 Å². The molecule has 2 aromatic heterocycles. The molecule has 0 spiro atoms. The Morgan fingerprint density at radius 2 is 1.81 bits per heavy atom. The molecule has 0 aliphatic carbocycles. The molecule has 0 aliphatic rings. The molecule has 0 saturated carbocycles. The minimum absolute atomic E-state index is 0.0508. The van der Waals surface area contributed by atoms with Crippen molar-refractivity contribution in [2.75, 3.05) is 17.2 Å². The van der Waals surface area contributed by atoms with Crippen molar-refractivity contribution in [2.45, 2.75) is 26.7 Å². The van der Waals surface area contributed by atoms with Gasteiger partial charge in [0.25, 0.3) is 0 Å². The zero-order chi connectivity index (χ0) is 19.2. The molecule has 3 aromatic rings. The third kappa shape index (κ3) is 4.91. The van der Waals surface area contributed by atoms with Gasteiger partial charge in [-0.25, -0.2) is 9.97 Å². The molecule has 2 heterocycles. The van der Waals surface area contributed by atoms with Crippen LogP contribution in [0.1, 0.15) is 28.9 Å². The molecule has 140 valence electrons. The molecule has 27 heavy (non-hydrogen) atoms. The molecular formula is C20H24N6O. The largest absolute Gasteiger partial charge is 0.354 e. The first-order chi connectivity index (χ1) is 13.0. The maximum Gasteiger partial charge on any atom is 0.226 e. The summed E-state index contributed by atoms with van der Waals surface area (Å²) in [5.74, 6) is 0.473. The van der Waals surface area contributed by atoms with Crippen LogP contribution in [-0.4, -0.2) is 32.2 Å². The Morgan fingerprint density at radius 3 is 2.44 bits per heavy atom. The molecule has 0 bridgehead atoms. The third-order valence-corrected chi connectivity index (χ3v) is 4.48. The summed E-state index contributed by atoms with van der Waals surface area (Å²) < 4.78 is 1.91. The lowest BCUT2D eigenvalue weighted by Crippen LogP contribution is -2.16. The molecule has 7 nitrogen and oxygen atoms in total. The van der Waals surface area contributed by atoms with Crippen molar-refractivity contribution in [2.24, 2.45) is 7.05 Å². The Labute approximate surface area is 158 Å². The van der Waals surface area contributed by atoms with Crippen LogP contribution in [0.4, 0.5) is 11.6 Å². The van der Waals surface area contributed by atoms with Crippen LogP contribution in [0.25, 0.3) is 0 Å². The number of nitrogens with one attached hydrogen (secondary N) is 2. The highest BCUT2D eigenvalue weighted by molar-refractivity contribution is 5.90. The number of aryl methyl sites for hydroxylation is 2. The number of hydrogen-bond acceptors (Lipinski definition) is 5. The van der Waals surface area contributed by atoms with Gasteiger partial charge in [-0.1, -0.05) is 12.1 Å². The molecule has 0 unspecified atom stereocenters. The van der Waals surface area contributed by atoms with E-state index < -0.39 is 0 Å². The number of carbonyl (C=O) groups is 1. The second-order valence-electron chi connectivity index (χ2n) is 6.44. The number of hydrogen-bond donors (Lipinski definition) is 2. The maximum atomic E-state index is 12.1. The lowest BCUT2D eigenvalue weighted by molar-refractivity contribution is -0.115. The second-order valence-corrected chi connectivity index (χ2v) is 6.44. The van der Waals surface area contributed by atoms with E-state index in [-0.39, 0.29) is 5.91 Å². The number of amides is 1. The normalized spacial score (nSPS) is 10.6. The molecule has 0 aliphatic heterocycles. The molecule has 1 aromatic carbocycles. The molecule has 2 N–H and O–H groups in total. The summed E-state index contributed by atoms with van der Waals surface area (Å²) in [5.41, 5.74) is 5.47. The van der Waals surface area contributed by atoms with E-state index >= 15 is 0 Å². The van der Waals surface area contributed by atoms with Gasteiger partial charge >= 0.3 is 0 Å². The highest BCUT2D eigenvalue weighted by atomic mass is 16.1. The van der Waals surface area contributed by atoms with Crippen LogP contribution in [0.2, 0.25) is 0 Å². The van der Waals surface area contributed by atoms with Crippen LogP contribution in [-0.2, 0) is 18.3 Å². The van der Waals surface area contributed by atoms with Gasteiger partial charge in [0.1, 0.15) is 0 Å². The van der Waals surface area contributed by atoms with Gasteiger partial charge in [-0.3, -0.25) is 9.48 Å². The monoisotopic (exact) mass is 364 g/mol. The highest BCUT2D eigenvalue weighted by Crippen LogP contribution is 2.18. The Balaban J connectivity index is 1.50. The van der Waals surface area contributed by atoms with Crippen LogP contribution >= 0.6 is 0 Å². The Hall–Kier alpha value is -3.22. The molecule has 3 rings (SSSR count). The summed E-state index contributed by atoms with van der Waals surface area (Å²) in [6.45, 7) is 4.59. The molecule has 0 radical (unpaired) electrons. The van der Waals surface area contributed by atoms with Crippen molar-refractivity contribution >= 4 is 17.5 Å². The fourth-order valence-electron chi connectivity index (χ4n) is 2.89. The molecule has 0 fully saturated rings. The number of aromatic nitrogens is 4. The lowest BCUT2D eigenvalue weighted by atomic mass is 10.0. The summed E-state index contributed by atoms with van der Waals surface area (Å²) in [6.07, 6.45) is 4.49. The first-order valence-electron chi connectivity index (χ1n) is 8.91. The zero-order valence-electron chi connectivity index (χ0n) is 15.9. The minimum atomic E-state index is -0.0508. The van der Waals surface area contributed by atoms with Gasteiger partial charge in [0.15, 0.2) is 0 Å². The Bertz CT molecular complexity index is 902. The molecule has 7 heteroatoms. The summed E-state index contributed by atoms with van der Waals surface area (Å²) in [4.78, 5) is 20.2. The number of nitrogens with zero attached hydrogens (tertiary/aromatic N) is 4. The number of rotatable bonds is 7.